The lowest BCUT2D eigenvalue weighted by Gasteiger charge is -2.22. The molecule has 0 saturated heterocycles. The van der Waals surface area contributed by atoms with Crippen molar-refractivity contribution in [3.63, 3.8) is 0 Å². The van der Waals surface area contributed by atoms with E-state index in [0.717, 1.165) is 23.5 Å². The van der Waals surface area contributed by atoms with Crippen LogP contribution in [-0.4, -0.2) is 38.7 Å². The summed E-state index contributed by atoms with van der Waals surface area (Å²) in [5.41, 5.74) is -0.386. The Balaban J connectivity index is 2.22. The van der Waals surface area contributed by atoms with Gasteiger partial charge >= 0.3 is 0 Å². The van der Waals surface area contributed by atoms with Gasteiger partial charge in [0.15, 0.2) is 11.6 Å². The molecular weight excluding hydrogens is 563 g/mol. The van der Waals surface area contributed by atoms with Gasteiger partial charge in [0.2, 0.25) is 0 Å². The van der Waals surface area contributed by atoms with Crippen molar-refractivity contribution < 1.29 is 22.3 Å². The molecule has 3 rings (SSSR count). The van der Waals surface area contributed by atoms with Crippen molar-refractivity contribution in [3.05, 3.63) is 73.7 Å². The SMILES string of the molecule is C#Cc1ccc(Nc2c(C(=O)NC3CC3)c(OC(=C/C)/C(Cl)=C(\N=C)NS(=O)(=O)NC)c(C)c(=O)n2C)c(F)c1. The molecule has 1 amide bonds. The Labute approximate surface area is 236 Å². The minimum Gasteiger partial charge on any atom is -0.455 e. The molecule has 1 saturated carbocycles. The van der Waals surface area contributed by atoms with E-state index in [-0.39, 0.29) is 51.0 Å². The summed E-state index contributed by atoms with van der Waals surface area (Å²) in [7, 11) is -1.43. The van der Waals surface area contributed by atoms with Gasteiger partial charge in [-0.3, -0.25) is 18.9 Å². The number of ether oxygens (including phenoxy) is 1. The summed E-state index contributed by atoms with van der Waals surface area (Å²) >= 11 is 6.43. The van der Waals surface area contributed by atoms with Crippen molar-refractivity contribution in [2.24, 2.45) is 12.0 Å². The van der Waals surface area contributed by atoms with Gasteiger partial charge < -0.3 is 15.4 Å². The number of pyridine rings is 1. The molecule has 1 heterocycles. The van der Waals surface area contributed by atoms with Gasteiger partial charge in [-0.25, -0.2) is 14.1 Å². The van der Waals surface area contributed by atoms with Crippen molar-refractivity contribution >= 4 is 45.9 Å². The number of nitrogens with one attached hydrogen (secondary N) is 4. The summed E-state index contributed by atoms with van der Waals surface area (Å²) in [4.78, 5) is 30.4. The lowest BCUT2D eigenvalue weighted by atomic mass is 10.1. The lowest BCUT2D eigenvalue weighted by Crippen LogP contribution is -2.33. The number of hydrogen-bond acceptors (Lipinski definition) is 7. The second-order valence-corrected chi connectivity index (χ2v) is 10.6. The van der Waals surface area contributed by atoms with Gasteiger partial charge in [-0.1, -0.05) is 17.5 Å². The summed E-state index contributed by atoms with van der Waals surface area (Å²) in [5.74, 6) is 0.270. The Kier molecular flexibility index (Phi) is 9.41. The van der Waals surface area contributed by atoms with Gasteiger partial charge in [-0.05, 0) is 57.7 Å². The number of anilines is 2. The van der Waals surface area contributed by atoms with Crippen LogP contribution in [0.25, 0.3) is 0 Å². The highest BCUT2D eigenvalue weighted by Crippen LogP contribution is 2.35. The van der Waals surface area contributed by atoms with E-state index >= 15 is 0 Å². The Bertz CT molecular complexity index is 1640. The first kappa shape index (κ1) is 30.4. The van der Waals surface area contributed by atoms with Gasteiger partial charge in [0, 0.05) is 25.7 Å². The zero-order valence-electron chi connectivity index (χ0n) is 22.2. The van der Waals surface area contributed by atoms with E-state index in [9.17, 15) is 22.4 Å². The molecule has 1 aliphatic rings. The topological polar surface area (TPSA) is 143 Å². The van der Waals surface area contributed by atoms with Crippen LogP contribution in [0.5, 0.6) is 5.75 Å². The second-order valence-electron chi connectivity index (χ2n) is 8.64. The minimum absolute atomic E-state index is 0.0323. The number of carbonyl (C=O) groups is 1. The van der Waals surface area contributed by atoms with Crippen molar-refractivity contribution in [1.82, 2.24) is 19.3 Å². The first-order valence-corrected chi connectivity index (χ1v) is 13.7. The zero-order valence-corrected chi connectivity index (χ0v) is 23.8. The highest BCUT2D eigenvalue weighted by atomic mass is 35.5. The molecule has 1 aromatic carbocycles. The van der Waals surface area contributed by atoms with E-state index in [4.69, 9.17) is 22.8 Å². The van der Waals surface area contributed by atoms with Crippen LogP contribution in [0.2, 0.25) is 0 Å². The number of aliphatic imine (C=N–C) groups is 1. The third-order valence-corrected chi connectivity index (χ3v) is 7.21. The molecular formula is C26H28ClFN6O5S. The van der Waals surface area contributed by atoms with Crippen LogP contribution < -0.4 is 30.4 Å². The molecule has 14 heteroatoms. The number of hydrogen-bond donors (Lipinski definition) is 4. The molecule has 0 unspecified atom stereocenters. The number of terminal acetylenes is 1. The number of aromatic nitrogens is 1. The lowest BCUT2D eigenvalue weighted by molar-refractivity contribution is 0.0948. The maximum absolute atomic E-state index is 14.9. The molecule has 4 N–H and O–H groups in total. The summed E-state index contributed by atoms with van der Waals surface area (Å²) in [6, 6.07) is 3.94. The van der Waals surface area contributed by atoms with E-state index in [1.807, 2.05) is 0 Å². The van der Waals surface area contributed by atoms with Crippen LogP contribution in [0.3, 0.4) is 0 Å². The minimum atomic E-state index is -4.02. The van der Waals surface area contributed by atoms with Crippen molar-refractivity contribution in [1.29, 1.82) is 0 Å². The highest BCUT2D eigenvalue weighted by molar-refractivity contribution is 7.87. The number of amides is 1. The highest BCUT2D eigenvalue weighted by Gasteiger charge is 2.31. The number of rotatable bonds is 11. The number of nitrogens with zero attached hydrogens (tertiary/aromatic N) is 2. The number of allylic oxidation sites excluding steroid dienone is 2. The summed E-state index contributed by atoms with van der Waals surface area (Å²) < 4.78 is 50.2. The smallest absolute Gasteiger partial charge is 0.300 e. The fourth-order valence-corrected chi connectivity index (χ4v) is 4.33. The Morgan fingerprint density at radius 3 is 2.58 bits per heavy atom. The Morgan fingerprint density at radius 1 is 1.38 bits per heavy atom. The fourth-order valence-electron chi connectivity index (χ4n) is 3.50. The normalized spacial score (nSPS) is 14.1. The molecule has 40 heavy (non-hydrogen) atoms. The third-order valence-electron chi connectivity index (χ3n) is 5.85. The molecule has 0 aliphatic heterocycles. The molecule has 1 aliphatic carbocycles. The fraction of sp³-hybridized carbons (Fsp3) is 0.269. The summed E-state index contributed by atoms with van der Waals surface area (Å²) in [6.45, 7) is 6.31. The van der Waals surface area contributed by atoms with Gasteiger partial charge in [-0.2, -0.15) is 8.42 Å². The van der Waals surface area contributed by atoms with Crippen LogP contribution in [-0.2, 0) is 17.3 Å². The average molecular weight is 591 g/mol. The first-order chi connectivity index (χ1) is 18.9. The molecule has 0 radical (unpaired) electrons. The van der Waals surface area contributed by atoms with Gasteiger partial charge in [-0.15, -0.1) is 6.42 Å². The molecule has 0 bridgehead atoms. The monoisotopic (exact) mass is 590 g/mol. The molecule has 1 aromatic heterocycles. The van der Waals surface area contributed by atoms with Crippen LogP contribution in [0.1, 0.15) is 41.3 Å². The van der Waals surface area contributed by atoms with E-state index in [0.29, 0.717) is 5.56 Å². The maximum atomic E-state index is 14.9. The van der Waals surface area contributed by atoms with Crippen molar-refractivity contribution in [2.45, 2.75) is 32.7 Å². The zero-order chi connectivity index (χ0) is 29.8. The molecule has 11 nitrogen and oxygen atoms in total. The van der Waals surface area contributed by atoms with E-state index in [1.54, 1.807) is 0 Å². The van der Waals surface area contributed by atoms with E-state index < -0.39 is 27.5 Å². The second kappa shape index (κ2) is 12.4. The molecule has 0 atom stereocenters. The predicted octanol–water partition coefficient (Wildman–Crippen LogP) is 2.89. The Morgan fingerprint density at radius 2 is 2.05 bits per heavy atom. The number of carbonyl (C=O) groups excluding carboxylic acids is 1. The van der Waals surface area contributed by atoms with E-state index in [1.165, 1.54) is 46.2 Å². The van der Waals surface area contributed by atoms with Gasteiger partial charge in [0.1, 0.15) is 28.0 Å². The number of halogens is 2. The largest absolute Gasteiger partial charge is 0.455 e. The summed E-state index contributed by atoms with van der Waals surface area (Å²) in [6.07, 6.45) is 8.27. The standard InChI is InChI=1S/C26H28ClFN6O5S/c1-7-15-9-12-18(17(28)13-15)32-24-20(25(35)31-16-10-11-16)22(14(3)26(36)34(24)6)39-19(8-2)21(27)23(29-4)33-40(37,38)30-5/h1,8-9,12-13,16,30,32-33H,4,10-11H2,2-3,5-6H3,(H,31,35)/b19-8+,23-21-. The van der Waals surface area contributed by atoms with Crippen LogP contribution in [0.4, 0.5) is 15.9 Å². The molecule has 1 fully saturated rings. The van der Waals surface area contributed by atoms with Crippen molar-refractivity contribution in [2.75, 3.05) is 12.4 Å². The molecule has 212 valence electrons. The maximum Gasteiger partial charge on any atom is 0.300 e. The van der Waals surface area contributed by atoms with Gasteiger partial charge in [0.25, 0.3) is 21.7 Å². The van der Waals surface area contributed by atoms with E-state index in [2.05, 4.69) is 37.7 Å². The Hall–Kier alpha value is -4.12. The van der Waals surface area contributed by atoms with Crippen LogP contribution in [0.15, 0.2) is 50.7 Å². The molecule has 0 spiro atoms. The van der Waals surface area contributed by atoms with Gasteiger partial charge in [0.05, 0.1) is 11.3 Å². The predicted molar refractivity (Wildman–Crippen MR) is 152 cm³/mol. The number of benzene rings is 1. The molecule has 2 aromatic rings. The van der Waals surface area contributed by atoms with Crippen LogP contribution >= 0.6 is 11.6 Å². The summed E-state index contributed by atoms with van der Waals surface area (Å²) in [5, 5.41) is 5.36. The quantitative estimate of drug-likeness (QED) is 0.137. The third kappa shape index (κ3) is 6.71. The van der Waals surface area contributed by atoms with Crippen molar-refractivity contribution in [3.8, 4) is 18.1 Å². The first-order valence-electron chi connectivity index (χ1n) is 11.9. The van der Waals surface area contributed by atoms with Crippen LogP contribution in [0, 0.1) is 25.1 Å². The average Bonchev–Trinajstić information content (AvgIpc) is 3.75.